The standard InChI is InChI=1S/C25H31N5O2S/c1-3-32-24(31)15-23-18(2)28-25(33-23)30-12-10-29(11-13-30)9-5-4-6-20-17-27-22-8-7-19(16-26)14-21(20)22/h7-8,14,17,27H,3-6,9-13,15H2,1-2H3. The van der Waals surface area contributed by atoms with Crippen molar-refractivity contribution in [2.24, 2.45) is 0 Å². The normalized spacial score (nSPS) is 14.5. The molecule has 2 aromatic heterocycles. The van der Waals surface area contributed by atoms with Crippen molar-refractivity contribution >= 4 is 33.3 Å². The van der Waals surface area contributed by atoms with Gasteiger partial charge in [0, 0.05) is 48.2 Å². The molecule has 174 valence electrons. The molecule has 0 aliphatic carbocycles. The molecule has 7 nitrogen and oxygen atoms in total. The fourth-order valence-electron chi connectivity index (χ4n) is 4.32. The lowest BCUT2D eigenvalue weighted by Crippen LogP contribution is -2.46. The Labute approximate surface area is 199 Å². The Balaban J connectivity index is 1.21. The average Bonchev–Trinajstić information content (AvgIpc) is 3.40. The van der Waals surface area contributed by atoms with Gasteiger partial charge in [0.25, 0.3) is 0 Å². The lowest BCUT2D eigenvalue weighted by molar-refractivity contribution is -0.142. The van der Waals surface area contributed by atoms with E-state index < -0.39 is 0 Å². The summed E-state index contributed by atoms with van der Waals surface area (Å²) >= 11 is 1.62. The van der Waals surface area contributed by atoms with Crippen molar-refractivity contribution in [1.82, 2.24) is 14.9 Å². The molecule has 33 heavy (non-hydrogen) atoms. The lowest BCUT2D eigenvalue weighted by atomic mass is 10.1. The first-order chi connectivity index (χ1) is 16.1. The van der Waals surface area contributed by atoms with Crippen LogP contribution in [-0.4, -0.2) is 60.2 Å². The van der Waals surface area contributed by atoms with Crippen molar-refractivity contribution < 1.29 is 9.53 Å². The SMILES string of the molecule is CCOC(=O)Cc1sc(N2CCN(CCCCc3c[nH]c4ccc(C#N)cc34)CC2)nc1C. The molecule has 1 N–H and O–H groups in total. The Morgan fingerprint density at radius 2 is 2.09 bits per heavy atom. The minimum absolute atomic E-state index is 0.182. The quantitative estimate of drug-likeness (QED) is 0.379. The number of nitrogens with zero attached hydrogens (tertiary/aromatic N) is 4. The van der Waals surface area contributed by atoms with Gasteiger partial charge in [-0.25, -0.2) is 4.98 Å². The summed E-state index contributed by atoms with van der Waals surface area (Å²) in [6.07, 6.45) is 5.70. The maximum atomic E-state index is 11.8. The van der Waals surface area contributed by atoms with Gasteiger partial charge in [0.15, 0.2) is 5.13 Å². The topological polar surface area (TPSA) is 85.2 Å². The minimum Gasteiger partial charge on any atom is -0.466 e. The zero-order valence-corrected chi connectivity index (χ0v) is 20.2. The molecule has 3 heterocycles. The molecule has 0 saturated carbocycles. The van der Waals surface area contributed by atoms with Crippen LogP contribution in [0, 0.1) is 18.3 Å². The number of fused-ring (bicyclic) bond motifs is 1. The van der Waals surface area contributed by atoms with Crippen LogP contribution in [0.4, 0.5) is 5.13 Å². The molecule has 0 unspecified atom stereocenters. The third-order valence-electron chi connectivity index (χ3n) is 6.20. The Morgan fingerprint density at radius 1 is 1.27 bits per heavy atom. The molecule has 0 atom stereocenters. The predicted molar refractivity (Wildman–Crippen MR) is 132 cm³/mol. The van der Waals surface area contributed by atoms with Crippen LogP contribution in [0.2, 0.25) is 0 Å². The minimum atomic E-state index is -0.182. The summed E-state index contributed by atoms with van der Waals surface area (Å²) in [6, 6.07) is 8.06. The maximum Gasteiger partial charge on any atom is 0.311 e. The van der Waals surface area contributed by atoms with Gasteiger partial charge in [0.05, 0.1) is 30.4 Å². The highest BCUT2D eigenvalue weighted by Gasteiger charge is 2.21. The smallest absolute Gasteiger partial charge is 0.311 e. The Hall–Kier alpha value is -2.89. The van der Waals surface area contributed by atoms with E-state index in [4.69, 9.17) is 15.0 Å². The summed E-state index contributed by atoms with van der Waals surface area (Å²) in [5.41, 5.74) is 4.04. The molecule has 0 amide bonds. The molecular weight excluding hydrogens is 434 g/mol. The molecule has 0 bridgehead atoms. The van der Waals surface area contributed by atoms with E-state index in [0.717, 1.165) is 73.2 Å². The van der Waals surface area contributed by atoms with Gasteiger partial charge < -0.3 is 14.6 Å². The summed E-state index contributed by atoms with van der Waals surface area (Å²) in [5, 5.41) is 11.3. The molecule has 1 aliphatic heterocycles. The van der Waals surface area contributed by atoms with Crippen molar-refractivity contribution in [3.05, 3.63) is 46.1 Å². The number of carbonyl (C=O) groups excluding carboxylic acids is 1. The van der Waals surface area contributed by atoms with Crippen LogP contribution >= 0.6 is 11.3 Å². The third kappa shape index (κ3) is 5.73. The number of unbranched alkanes of at least 4 members (excludes halogenated alkanes) is 1. The molecule has 0 spiro atoms. The predicted octanol–water partition coefficient (Wildman–Crippen LogP) is 4.06. The number of piperazine rings is 1. The number of carbonyl (C=O) groups is 1. The van der Waals surface area contributed by atoms with Gasteiger partial charge in [-0.3, -0.25) is 9.69 Å². The number of nitrogens with one attached hydrogen (secondary N) is 1. The molecule has 1 aliphatic rings. The summed E-state index contributed by atoms with van der Waals surface area (Å²) < 4.78 is 5.08. The van der Waals surface area contributed by atoms with E-state index in [1.807, 2.05) is 32.0 Å². The van der Waals surface area contributed by atoms with Gasteiger partial charge >= 0.3 is 5.97 Å². The van der Waals surface area contributed by atoms with E-state index in [1.165, 1.54) is 10.9 Å². The van der Waals surface area contributed by atoms with Crippen LogP contribution in [-0.2, 0) is 22.4 Å². The van der Waals surface area contributed by atoms with Crippen LogP contribution in [0.3, 0.4) is 0 Å². The van der Waals surface area contributed by atoms with E-state index in [1.54, 1.807) is 11.3 Å². The number of nitriles is 1. The summed E-state index contributed by atoms with van der Waals surface area (Å²) in [5.74, 6) is -0.182. The number of hydrogen-bond acceptors (Lipinski definition) is 7. The molecule has 1 fully saturated rings. The second-order valence-electron chi connectivity index (χ2n) is 8.46. The largest absolute Gasteiger partial charge is 0.466 e. The van der Waals surface area contributed by atoms with E-state index in [9.17, 15) is 4.79 Å². The third-order valence-corrected chi connectivity index (χ3v) is 7.42. The van der Waals surface area contributed by atoms with E-state index >= 15 is 0 Å². The number of aryl methyl sites for hydroxylation is 2. The first-order valence-electron chi connectivity index (χ1n) is 11.7. The lowest BCUT2D eigenvalue weighted by Gasteiger charge is -2.34. The fraction of sp³-hybridized carbons (Fsp3) is 0.480. The molecule has 0 radical (unpaired) electrons. The number of aromatic amines is 1. The number of ether oxygens (including phenoxy) is 1. The second-order valence-corrected chi connectivity index (χ2v) is 9.52. The van der Waals surface area contributed by atoms with Gasteiger partial charge in [-0.15, -0.1) is 11.3 Å². The second kappa shape index (κ2) is 10.8. The zero-order chi connectivity index (χ0) is 23.2. The number of aromatic nitrogens is 2. The van der Waals surface area contributed by atoms with Crippen LogP contribution < -0.4 is 4.90 Å². The van der Waals surface area contributed by atoms with Crippen molar-refractivity contribution in [2.75, 3.05) is 44.2 Å². The molecule has 4 rings (SSSR count). The Morgan fingerprint density at radius 3 is 2.85 bits per heavy atom. The highest BCUT2D eigenvalue weighted by molar-refractivity contribution is 7.15. The van der Waals surface area contributed by atoms with Crippen LogP contribution in [0.25, 0.3) is 10.9 Å². The van der Waals surface area contributed by atoms with Gasteiger partial charge in [0.2, 0.25) is 0 Å². The highest BCUT2D eigenvalue weighted by atomic mass is 32.1. The number of thiazole rings is 1. The number of benzene rings is 1. The number of H-pyrrole nitrogens is 1. The van der Waals surface area contributed by atoms with Crippen molar-refractivity contribution in [3.63, 3.8) is 0 Å². The van der Waals surface area contributed by atoms with E-state index in [0.29, 0.717) is 18.6 Å². The van der Waals surface area contributed by atoms with Crippen LogP contribution in [0.1, 0.15) is 41.5 Å². The van der Waals surface area contributed by atoms with Crippen molar-refractivity contribution in [1.29, 1.82) is 5.26 Å². The van der Waals surface area contributed by atoms with Crippen molar-refractivity contribution in [3.8, 4) is 6.07 Å². The van der Waals surface area contributed by atoms with Gasteiger partial charge in [0.1, 0.15) is 0 Å². The summed E-state index contributed by atoms with van der Waals surface area (Å²) in [4.78, 5) is 25.7. The van der Waals surface area contributed by atoms with Gasteiger partial charge in [-0.2, -0.15) is 5.26 Å². The van der Waals surface area contributed by atoms with Crippen molar-refractivity contribution in [2.45, 2.75) is 39.5 Å². The first kappa shape index (κ1) is 23.3. The number of hydrogen-bond donors (Lipinski definition) is 1. The first-order valence-corrected chi connectivity index (χ1v) is 12.5. The number of esters is 1. The van der Waals surface area contributed by atoms with E-state index in [-0.39, 0.29) is 5.97 Å². The molecule has 1 saturated heterocycles. The van der Waals surface area contributed by atoms with Crippen LogP contribution in [0.15, 0.2) is 24.4 Å². The highest BCUT2D eigenvalue weighted by Crippen LogP contribution is 2.28. The van der Waals surface area contributed by atoms with Gasteiger partial charge in [-0.1, -0.05) is 0 Å². The molecular formula is C25H31N5O2S. The Kier molecular flexibility index (Phi) is 7.63. The number of anilines is 1. The summed E-state index contributed by atoms with van der Waals surface area (Å²) in [7, 11) is 0. The van der Waals surface area contributed by atoms with E-state index in [2.05, 4.69) is 27.0 Å². The maximum absolute atomic E-state index is 11.8. The monoisotopic (exact) mass is 465 g/mol. The van der Waals surface area contributed by atoms with Gasteiger partial charge in [-0.05, 0) is 63.4 Å². The Bertz CT molecular complexity index is 1140. The molecule has 1 aromatic carbocycles. The van der Waals surface area contributed by atoms with Crippen LogP contribution in [0.5, 0.6) is 0 Å². The fourth-order valence-corrected chi connectivity index (χ4v) is 5.42. The molecule has 3 aromatic rings. The number of rotatable bonds is 9. The molecule has 8 heteroatoms. The zero-order valence-electron chi connectivity index (χ0n) is 19.4. The summed E-state index contributed by atoms with van der Waals surface area (Å²) in [6.45, 7) is 9.31. The average molecular weight is 466 g/mol.